The van der Waals surface area contributed by atoms with E-state index in [4.69, 9.17) is 18.9 Å². The monoisotopic (exact) mass is 391 g/mol. The topological polar surface area (TPSA) is 86.7 Å². The van der Waals surface area contributed by atoms with Crippen molar-refractivity contribution < 1.29 is 13.9 Å². The highest BCUT2D eigenvalue weighted by Crippen LogP contribution is 2.34. The summed E-state index contributed by atoms with van der Waals surface area (Å²) >= 11 is 0. The molecule has 29 heavy (non-hydrogen) atoms. The van der Waals surface area contributed by atoms with Crippen molar-refractivity contribution in [3.8, 4) is 23.1 Å². The van der Waals surface area contributed by atoms with Crippen LogP contribution < -0.4 is 14.8 Å². The number of benzene rings is 1. The van der Waals surface area contributed by atoms with Crippen molar-refractivity contribution in [2.24, 2.45) is 0 Å². The number of anilines is 2. The lowest BCUT2D eigenvalue weighted by Gasteiger charge is -2.20. The highest BCUT2D eigenvalue weighted by Gasteiger charge is 2.22. The Morgan fingerprint density at radius 3 is 2.69 bits per heavy atom. The number of nitrogens with one attached hydrogen (secondary N) is 1. The molecule has 1 N–H and O–H groups in total. The number of hydrogen-bond acceptors (Lipinski definition) is 7. The number of aryl methyl sites for hydroxylation is 1. The standard InChI is InChI=1S/C21H21N5O3/c1-27-16-10-9-13(12-18(16)28-2)22-20-14-6-3-4-7-15(14)23-21-24-19(25-26(20)21)17-8-5-11-29-17/h5,8-12,22H,3-4,6-7H2,1-2H3. The zero-order valence-electron chi connectivity index (χ0n) is 16.3. The van der Waals surface area contributed by atoms with Crippen LogP contribution >= 0.6 is 0 Å². The van der Waals surface area contributed by atoms with Crippen LogP contribution in [-0.4, -0.2) is 33.8 Å². The van der Waals surface area contributed by atoms with E-state index in [9.17, 15) is 0 Å². The number of aromatic nitrogens is 4. The number of rotatable bonds is 5. The van der Waals surface area contributed by atoms with Gasteiger partial charge < -0.3 is 19.2 Å². The summed E-state index contributed by atoms with van der Waals surface area (Å²) in [6.45, 7) is 0. The van der Waals surface area contributed by atoms with Gasteiger partial charge >= 0.3 is 0 Å². The second-order valence-corrected chi connectivity index (χ2v) is 6.91. The molecule has 0 radical (unpaired) electrons. The first-order valence-electron chi connectivity index (χ1n) is 9.58. The zero-order chi connectivity index (χ0) is 19.8. The van der Waals surface area contributed by atoms with Gasteiger partial charge in [-0.25, -0.2) is 4.98 Å². The van der Waals surface area contributed by atoms with Gasteiger partial charge in [-0.2, -0.15) is 9.50 Å². The Morgan fingerprint density at radius 1 is 1.03 bits per heavy atom. The van der Waals surface area contributed by atoms with Crippen molar-refractivity contribution in [3.05, 3.63) is 47.9 Å². The fourth-order valence-electron chi connectivity index (χ4n) is 3.73. The van der Waals surface area contributed by atoms with Crippen molar-refractivity contribution in [1.29, 1.82) is 0 Å². The molecule has 148 valence electrons. The normalized spacial score (nSPS) is 13.3. The molecule has 0 aliphatic heterocycles. The van der Waals surface area contributed by atoms with E-state index in [2.05, 4.69) is 15.4 Å². The van der Waals surface area contributed by atoms with Crippen LogP contribution in [0.25, 0.3) is 17.4 Å². The lowest BCUT2D eigenvalue weighted by molar-refractivity contribution is 0.355. The summed E-state index contributed by atoms with van der Waals surface area (Å²) in [6, 6.07) is 9.40. The molecular weight excluding hydrogens is 370 g/mol. The predicted octanol–water partition coefficient (Wildman–Crippen LogP) is 4.02. The highest BCUT2D eigenvalue weighted by atomic mass is 16.5. The van der Waals surface area contributed by atoms with E-state index in [1.54, 1.807) is 25.0 Å². The van der Waals surface area contributed by atoms with Gasteiger partial charge in [-0.3, -0.25) is 0 Å². The smallest absolute Gasteiger partial charge is 0.255 e. The lowest BCUT2D eigenvalue weighted by Crippen LogP contribution is -2.13. The SMILES string of the molecule is COc1ccc(Nc2c3c(nc4nc(-c5ccco5)nn24)CCCC3)cc1OC. The molecule has 0 spiro atoms. The first kappa shape index (κ1) is 17.5. The molecule has 0 saturated heterocycles. The fourth-order valence-corrected chi connectivity index (χ4v) is 3.73. The summed E-state index contributed by atoms with van der Waals surface area (Å²) < 4.78 is 18.0. The number of nitrogens with zero attached hydrogens (tertiary/aromatic N) is 4. The van der Waals surface area contributed by atoms with Gasteiger partial charge in [0.05, 0.1) is 26.2 Å². The molecule has 8 heteroatoms. The third kappa shape index (κ3) is 3.06. The molecule has 0 unspecified atom stereocenters. The van der Waals surface area contributed by atoms with Crippen LogP contribution in [0.15, 0.2) is 41.0 Å². The molecule has 1 aliphatic rings. The molecule has 1 aliphatic carbocycles. The highest BCUT2D eigenvalue weighted by molar-refractivity contribution is 5.67. The van der Waals surface area contributed by atoms with E-state index in [0.29, 0.717) is 28.9 Å². The molecule has 3 heterocycles. The van der Waals surface area contributed by atoms with Crippen LogP contribution in [-0.2, 0) is 12.8 Å². The quantitative estimate of drug-likeness (QED) is 0.550. The Labute approximate surface area is 167 Å². The maximum Gasteiger partial charge on any atom is 0.255 e. The molecule has 0 amide bonds. The maximum absolute atomic E-state index is 5.47. The maximum atomic E-state index is 5.47. The van der Waals surface area contributed by atoms with Crippen LogP contribution in [0.5, 0.6) is 11.5 Å². The second-order valence-electron chi connectivity index (χ2n) is 6.91. The summed E-state index contributed by atoms with van der Waals surface area (Å²) in [4.78, 5) is 9.36. The van der Waals surface area contributed by atoms with E-state index in [0.717, 1.165) is 42.9 Å². The summed E-state index contributed by atoms with van der Waals surface area (Å²) in [5.41, 5.74) is 3.12. The number of fused-ring (bicyclic) bond motifs is 2. The molecular formula is C21H21N5O3. The van der Waals surface area contributed by atoms with Crippen LogP contribution in [0.1, 0.15) is 24.1 Å². The van der Waals surface area contributed by atoms with Gasteiger partial charge in [0.25, 0.3) is 5.78 Å². The Bertz CT molecular complexity index is 1170. The Balaban J connectivity index is 1.65. The Morgan fingerprint density at radius 2 is 1.90 bits per heavy atom. The summed E-state index contributed by atoms with van der Waals surface area (Å²) in [6.07, 6.45) is 5.76. The third-order valence-electron chi connectivity index (χ3n) is 5.15. The first-order valence-corrected chi connectivity index (χ1v) is 9.58. The molecule has 3 aromatic heterocycles. The minimum absolute atomic E-state index is 0.514. The molecule has 8 nitrogen and oxygen atoms in total. The van der Waals surface area contributed by atoms with Gasteiger partial charge in [0.2, 0.25) is 5.82 Å². The van der Waals surface area contributed by atoms with E-state index in [-0.39, 0.29) is 0 Å². The average molecular weight is 391 g/mol. The van der Waals surface area contributed by atoms with Gasteiger partial charge in [-0.15, -0.1) is 5.10 Å². The molecule has 1 aromatic carbocycles. The van der Waals surface area contributed by atoms with Gasteiger partial charge in [-0.1, -0.05) is 0 Å². The summed E-state index contributed by atoms with van der Waals surface area (Å²) in [7, 11) is 3.25. The molecule has 4 aromatic rings. The van der Waals surface area contributed by atoms with Crippen LogP contribution in [0.2, 0.25) is 0 Å². The third-order valence-corrected chi connectivity index (χ3v) is 5.15. The van der Waals surface area contributed by atoms with E-state index in [1.165, 1.54) is 5.56 Å². The van der Waals surface area contributed by atoms with Crippen LogP contribution in [0.4, 0.5) is 11.5 Å². The first-order chi connectivity index (χ1) is 14.3. The van der Waals surface area contributed by atoms with Gasteiger partial charge in [0, 0.05) is 17.3 Å². The minimum Gasteiger partial charge on any atom is -0.493 e. The summed E-state index contributed by atoms with van der Waals surface area (Å²) in [5, 5.41) is 8.18. The van der Waals surface area contributed by atoms with Crippen LogP contribution in [0, 0.1) is 0 Å². The molecule has 0 saturated carbocycles. The van der Waals surface area contributed by atoms with Gasteiger partial charge in [0.1, 0.15) is 5.82 Å². The molecule has 0 atom stereocenters. The average Bonchev–Trinajstić information content (AvgIpc) is 3.43. The Hall–Kier alpha value is -3.55. The van der Waals surface area contributed by atoms with E-state index in [1.807, 2.05) is 30.3 Å². The lowest BCUT2D eigenvalue weighted by atomic mass is 9.96. The number of furan rings is 1. The van der Waals surface area contributed by atoms with Crippen molar-refractivity contribution >= 4 is 17.3 Å². The van der Waals surface area contributed by atoms with Crippen molar-refractivity contribution in [1.82, 2.24) is 19.6 Å². The van der Waals surface area contributed by atoms with E-state index < -0.39 is 0 Å². The number of ether oxygens (including phenoxy) is 2. The van der Waals surface area contributed by atoms with Crippen LogP contribution in [0.3, 0.4) is 0 Å². The fraction of sp³-hybridized carbons (Fsp3) is 0.286. The molecule has 0 bridgehead atoms. The van der Waals surface area contributed by atoms with Crippen molar-refractivity contribution in [3.63, 3.8) is 0 Å². The largest absolute Gasteiger partial charge is 0.493 e. The zero-order valence-corrected chi connectivity index (χ0v) is 16.3. The number of methoxy groups -OCH3 is 2. The predicted molar refractivity (Wildman–Crippen MR) is 108 cm³/mol. The molecule has 0 fully saturated rings. The van der Waals surface area contributed by atoms with Gasteiger partial charge in [0.15, 0.2) is 17.3 Å². The van der Waals surface area contributed by atoms with Crippen molar-refractivity contribution in [2.45, 2.75) is 25.7 Å². The van der Waals surface area contributed by atoms with E-state index >= 15 is 0 Å². The van der Waals surface area contributed by atoms with Gasteiger partial charge in [-0.05, 0) is 49.9 Å². The molecule has 5 rings (SSSR count). The van der Waals surface area contributed by atoms with Crippen molar-refractivity contribution in [2.75, 3.05) is 19.5 Å². The summed E-state index contributed by atoms with van der Waals surface area (Å²) in [5.74, 6) is 3.90. The minimum atomic E-state index is 0.514. The number of hydrogen-bond donors (Lipinski definition) is 1. The Kier molecular flexibility index (Phi) is 4.31. The second kappa shape index (κ2) is 7.12.